The van der Waals surface area contributed by atoms with Crippen LogP contribution in [0.1, 0.15) is 240 Å². The van der Waals surface area contributed by atoms with Gasteiger partial charge in [-0.25, -0.2) is 0 Å². The molecule has 0 unspecified atom stereocenters. The van der Waals surface area contributed by atoms with Crippen LogP contribution in [-0.2, 0) is 28.6 Å². The highest BCUT2D eigenvalue weighted by Crippen LogP contribution is 2.16. The summed E-state index contributed by atoms with van der Waals surface area (Å²) in [6, 6.07) is 0. The zero-order valence-corrected chi connectivity index (χ0v) is 34.7. The van der Waals surface area contributed by atoms with Crippen molar-refractivity contribution in [3.05, 3.63) is 0 Å². The molecular weight excluding hydrogens is 636 g/mol. The Balaban J connectivity index is 4.27. The zero-order valence-electron chi connectivity index (χ0n) is 34.7. The lowest BCUT2D eigenvalue weighted by Gasteiger charge is -2.18. The van der Waals surface area contributed by atoms with Crippen LogP contribution in [0.5, 0.6) is 0 Å². The maximum Gasteiger partial charge on any atom is 0.306 e. The molecule has 6 nitrogen and oxygen atoms in total. The predicted molar refractivity (Wildman–Crippen MR) is 215 cm³/mol. The normalized spacial score (nSPS) is 12.1. The summed E-state index contributed by atoms with van der Waals surface area (Å²) in [5.41, 5.74) is 0. The standard InChI is InChI=1S/C45H86O6/c1-6-7-8-9-10-15-20-27-32-37-45(48)51-42(39-50-44(47)36-31-26-22-21-24-29-34-41(4)5)38-49-43(46)35-30-25-19-17-14-12-11-13-16-18-23-28-33-40(2)3/h40-42H,6-39H2,1-5H3/t42-/m0/s1. The summed E-state index contributed by atoms with van der Waals surface area (Å²) in [5.74, 6) is 0.732. The van der Waals surface area contributed by atoms with Gasteiger partial charge in [-0.2, -0.15) is 0 Å². The van der Waals surface area contributed by atoms with Gasteiger partial charge in [0.15, 0.2) is 6.10 Å². The molecule has 0 saturated heterocycles. The third-order valence-electron chi connectivity index (χ3n) is 9.97. The van der Waals surface area contributed by atoms with Crippen molar-refractivity contribution < 1.29 is 28.6 Å². The lowest BCUT2D eigenvalue weighted by molar-refractivity contribution is -0.167. The molecule has 0 aromatic rings. The van der Waals surface area contributed by atoms with Gasteiger partial charge in [0.25, 0.3) is 0 Å². The molecule has 0 amide bonds. The number of rotatable bonds is 39. The van der Waals surface area contributed by atoms with Gasteiger partial charge in [-0.3, -0.25) is 14.4 Å². The van der Waals surface area contributed by atoms with Crippen molar-refractivity contribution in [2.45, 2.75) is 246 Å². The van der Waals surface area contributed by atoms with Crippen molar-refractivity contribution in [1.82, 2.24) is 0 Å². The first kappa shape index (κ1) is 49.4. The van der Waals surface area contributed by atoms with E-state index in [1.807, 2.05) is 0 Å². The van der Waals surface area contributed by atoms with Gasteiger partial charge >= 0.3 is 17.9 Å². The van der Waals surface area contributed by atoms with Crippen LogP contribution in [0.4, 0.5) is 0 Å². The Labute approximate surface area is 317 Å². The smallest absolute Gasteiger partial charge is 0.306 e. The molecule has 302 valence electrons. The Morgan fingerprint density at radius 1 is 0.373 bits per heavy atom. The average molecular weight is 723 g/mol. The van der Waals surface area contributed by atoms with Gasteiger partial charge < -0.3 is 14.2 Å². The van der Waals surface area contributed by atoms with Crippen LogP contribution in [0.2, 0.25) is 0 Å². The first-order valence-corrected chi connectivity index (χ1v) is 22.2. The second-order valence-electron chi connectivity index (χ2n) is 16.3. The lowest BCUT2D eigenvalue weighted by atomic mass is 10.0. The molecule has 0 radical (unpaired) electrons. The molecule has 0 aliphatic carbocycles. The van der Waals surface area contributed by atoms with Gasteiger partial charge in [0.05, 0.1) is 0 Å². The topological polar surface area (TPSA) is 78.9 Å². The van der Waals surface area contributed by atoms with E-state index in [0.717, 1.165) is 69.6 Å². The second kappa shape index (κ2) is 38.1. The van der Waals surface area contributed by atoms with Gasteiger partial charge in [-0.1, -0.05) is 202 Å². The van der Waals surface area contributed by atoms with Crippen LogP contribution in [0, 0.1) is 11.8 Å². The number of carbonyl (C=O) groups is 3. The van der Waals surface area contributed by atoms with E-state index in [9.17, 15) is 14.4 Å². The maximum absolute atomic E-state index is 12.6. The maximum atomic E-state index is 12.6. The van der Waals surface area contributed by atoms with Gasteiger partial charge in [0.2, 0.25) is 0 Å². The molecule has 0 aromatic heterocycles. The van der Waals surface area contributed by atoms with E-state index in [0.29, 0.717) is 19.3 Å². The van der Waals surface area contributed by atoms with Crippen LogP contribution in [0.3, 0.4) is 0 Å². The fraction of sp³-hybridized carbons (Fsp3) is 0.933. The Kier molecular flexibility index (Phi) is 37.0. The molecule has 0 fully saturated rings. The third-order valence-corrected chi connectivity index (χ3v) is 9.97. The average Bonchev–Trinajstić information content (AvgIpc) is 3.09. The van der Waals surface area contributed by atoms with E-state index in [2.05, 4.69) is 34.6 Å². The number of esters is 3. The summed E-state index contributed by atoms with van der Waals surface area (Å²) < 4.78 is 16.7. The number of hydrogen-bond acceptors (Lipinski definition) is 6. The molecule has 6 heteroatoms. The largest absolute Gasteiger partial charge is 0.462 e. The summed E-state index contributed by atoms with van der Waals surface area (Å²) in [5, 5.41) is 0. The van der Waals surface area contributed by atoms with Crippen LogP contribution in [0.25, 0.3) is 0 Å². The summed E-state index contributed by atoms with van der Waals surface area (Å²) in [6.07, 6.45) is 35.3. The van der Waals surface area contributed by atoms with Gasteiger partial charge in [0.1, 0.15) is 13.2 Å². The molecule has 0 bridgehead atoms. The molecule has 0 heterocycles. The molecule has 0 saturated carbocycles. The Bertz CT molecular complexity index is 779. The number of unbranched alkanes of at least 4 members (excludes halogenated alkanes) is 24. The first-order valence-electron chi connectivity index (χ1n) is 22.2. The Morgan fingerprint density at radius 2 is 0.647 bits per heavy atom. The van der Waals surface area contributed by atoms with Gasteiger partial charge in [-0.05, 0) is 31.1 Å². The van der Waals surface area contributed by atoms with E-state index >= 15 is 0 Å². The zero-order chi connectivity index (χ0) is 37.6. The molecular formula is C45H86O6. The van der Waals surface area contributed by atoms with E-state index in [-0.39, 0.29) is 31.1 Å². The summed E-state index contributed by atoms with van der Waals surface area (Å²) in [7, 11) is 0. The van der Waals surface area contributed by atoms with Crippen LogP contribution < -0.4 is 0 Å². The minimum atomic E-state index is -0.759. The third kappa shape index (κ3) is 39.5. The second-order valence-corrected chi connectivity index (χ2v) is 16.3. The minimum Gasteiger partial charge on any atom is -0.462 e. The number of ether oxygens (including phenoxy) is 3. The van der Waals surface area contributed by atoms with E-state index in [1.54, 1.807) is 0 Å². The van der Waals surface area contributed by atoms with Crippen molar-refractivity contribution in [2.24, 2.45) is 11.8 Å². The van der Waals surface area contributed by atoms with Crippen molar-refractivity contribution in [3.8, 4) is 0 Å². The van der Waals surface area contributed by atoms with E-state index in [4.69, 9.17) is 14.2 Å². The molecule has 0 aliphatic heterocycles. The van der Waals surface area contributed by atoms with Crippen molar-refractivity contribution in [3.63, 3.8) is 0 Å². The molecule has 1 atom stereocenters. The number of hydrogen-bond donors (Lipinski definition) is 0. The highest BCUT2D eigenvalue weighted by molar-refractivity contribution is 5.71. The molecule has 0 N–H and O–H groups in total. The highest BCUT2D eigenvalue weighted by Gasteiger charge is 2.19. The fourth-order valence-electron chi connectivity index (χ4n) is 6.58. The summed E-state index contributed by atoms with van der Waals surface area (Å²) >= 11 is 0. The SMILES string of the molecule is CCCCCCCCCCCC(=O)O[C@@H](COC(=O)CCCCCCCCCCCCCCC(C)C)COC(=O)CCCCCCCCC(C)C. The summed E-state index contributed by atoms with van der Waals surface area (Å²) in [6.45, 7) is 11.2. The Morgan fingerprint density at radius 3 is 0.961 bits per heavy atom. The van der Waals surface area contributed by atoms with Crippen LogP contribution >= 0.6 is 0 Å². The Hall–Kier alpha value is -1.59. The van der Waals surface area contributed by atoms with E-state index < -0.39 is 6.10 Å². The van der Waals surface area contributed by atoms with Crippen LogP contribution in [-0.4, -0.2) is 37.2 Å². The van der Waals surface area contributed by atoms with Crippen molar-refractivity contribution in [1.29, 1.82) is 0 Å². The molecule has 0 aliphatic rings. The quantitative estimate of drug-likeness (QED) is 0.0357. The first-order chi connectivity index (χ1) is 24.7. The summed E-state index contributed by atoms with van der Waals surface area (Å²) in [4.78, 5) is 37.6. The predicted octanol–water partition coefficient (Wildman–Crippen LogP) is 13.8. The monoisotopic (exact) mass is 723 g/mol. The van der Waals surface area contributed by atoms with E-state index in [1.165, 1.54) is 128 Å². The lowest BCUT2D eigenvalue weighted by Crippen LogP contribution is -2.30. The molecule has 0 rings (SSSR count). The fourth-order valence-corrected chi connectivity index (χ4v) is 6.58. The van der Waals surface area contributed by atoms with Crippen LogP contribution in [0.15, 0.2) is 0 Å². The van der Waals surface area contributed by atoms with Gasteiger partial charge in [-0.15, -0.1) is 0 Å². The molecule has 51 heavy (non-hydrogen) atoms. The van der Waals surface area contributed by atoms with Crippen molar-refractivity contribution in [2.75, 3.05) is 13.2 Å². The minimum absolute atomic E-state index is 0.0658. The number of carbonyl (C=O) groups excluding carboxylic acids is 3. The highest BCUT2D eigenvalue weighted by atomic mass is 16.6. The molecule has 0 spiro atoms. The van der Waals surface area contributed by atoms with Crippen molar-refractivity contribution >= 4 is 17.9 Å². The molecule has 0 aromatic carbocycles. The van der Waals surface area contributed by atoms with Gasteiger partial charge in [0, 0.05) is 19.3 Å².